The van der Waals surface area contributed by atoms with Gasteiger partial charge in [0.2, 0.25) is 0 Å². The van der Waals surface area contributed by atoms with E-state index < -0.39 is 0 Å². The number of benzene rings is 1. The topological polar surface area (TPSA) is 68.0 Å². The van der Waals surface area contributed by atoms with Crippen molar-refractivity contribution in [2.75, 3.05) is 32.8 Å². The quantitative estimate of drug-likeness (QED) is 0.339. The van der Waals surface area contributed by atoms with Crippen LogP contribution < -0.4 is 15.4 Å². The van der Waals surface area contributed by atoms with Crippen LogP contribution in [0.15, 0.2) is 52.1 Å². The molecule has 1 aromatic carbocycles. The molecule has 6 heteroatoms. The van der Waals surface area contributed by atoms with Crippen LogP contribution in [0, 0.1) is 0 Å². The Bertz CT molecular complexity index is 656. The van der Waals surface area contributed by atoms with Gasteiger partial charge in [-0.3, -0.25) is 4.99 Å². The molecule has 0 fully saturated rings. The maximum absolute atomic E-state index is 5.68. The zero-order valence-electron chi connectivity index (χ0n) is 16.4. The Morgan fingerprint density at radius 2 is 2.00 bits per heavy atom. The second-order valence-corrected chi connectivity index (χ2v) is 5.96. The number of rotatable bonds is 12. The predicted octanol–water partition coefficient (Wildman–Crippen LogP) is 3.38. The molecule has 0 spiro atoms. The molecule has 0 aliphatic rings. The third-order valence-electron chi connectivity index (χ3n) is 3.84. The van der Waals surface area contributed by atoms with E-state index >= 15 is 0 Å². The molecule has 2 N–H and O–H groups in total. The number of nitrogens with one attached hydrogen (secondary N) is 2. The summed E-state index contributed by atoms with van der Waals surface area (Å²) in [6.45, 7) is 8.25. The Morgan fingerprint density at radius 1 is 1.11 bits per heavy atom. The van der Waals surface area contributed by atoms with Crippen molar-refractivity contribution in [1.82, 2.24) is 10.6 Å². The third kappa shape index (κ3) is 8.17. The van der Waals surface area contributed by atoms with Gasteiger partial charge < -0.3 is 24.5 Å². The van der Waals surface area contributed by atoms with Gasteiger partial charge in [0, 0.05) is 26.2 Å². The third-order valence-corrected chi connectivity index (χ3v) is 3.84. The lowest BCUT2D eigenvalue weighted by Crippen LogP contribution is -2.38. The van der Waals surface area contributed by atoms with Gasteiger partial charge >= 0.3 is 0 Å². The number of hydrogen-bond donors (Lipinski definition) is 2. The van der Waals surface area contributed by atoms with Gasteiger partial charge in [-0.25, -0.2) is 0 Å². The van der Waals surface area contributed by atoms with Gasteiger partial charge in [-0.1, -0.05) is 18.2 Å². The fourth-order valence-electron chi connectivity index (χ4n) is 2.59. The van der Waals surface area contributed by atoms with Crippen LogP contribution in [0.25, 0.3) is 0 Å². The van der Waals surface area contributed by atoms with E-state index in [1.54, 1.807) is 6.26 Å². The highest BCUT2D eigenvalue weighted by Crippen LogP contribution is 2.17. The second-order valence-electron chi connectivity index (χ2n) is 5.96. The van der Waals surface area contributed by atoms with E-state index in [1.807, 2.05) is 37.3 Å². The highest BCUT2D eigenvalue weighted by atomic mass is 16.5. The molecule has 0 amide bonds. The molecule has 27 heavy (non-hydrogen) atoms. The molecule has 0 atom stereocenters. The van der Waals surface area contributed by atoms with Gasteiger partial charge in [-0.05, 0) is 50.5 Å². The highest BCUT2D eigenvalue weighted by molar-refractivity contribution is 5.79. The van der Waals surface area contributed by atoms with E-state index in [0.717, 1.165) is 43.4 Å². The Morgan fingerprint density at radius 3 is 2.78 bits per heavy atom. The van der Waals surface area contributed by atoms with E-state index in [2.05, 4.69) is 28.6 Å². The van der Waals surface area contributed by atoms with E-state index in [0.29, 0.717) is 26.4 Å². The van der Waals surface area contributed by atoms with Crippen molar-refractivity contribution in [3.05, 3.63) is 54.0 Å². The minimum atomic E-state index is 0.508. The molecule has 0 aliphatic heterocycles. The minimum absolute atomic E-state index is 0.508. The maximum atomic E-state index is 5.68. The number of nitrogens with zero attached hydrogens (tertiary/aromatic N) is 1. The molecule has 1 heterocycles. The number of guanidine groups is 1. The Balaban J connectivity index is 1.68. The molecule has 0 saturated carbocycles. The molecule has 0 aliphatic carbocycles. The van der Waals surface area contributed by atoms with Crippen LogP contribution in [0.2, 0.25) is 0 Å². The summed E-state index contributed by atoms with van der Waals surface area (Å²) in [4.78, 5) is 4.60. The first kappa shape index (κ1) is 20.8. The van der Waals surface area contributed by atoms with E-state index in [1.165, 1.54) is 5.56 Å². The largest absolute Gasteiger partial charge is 0.494 e. The fraction of sp³-hybridized carbons (Fsp3) is 0.476. The van der Waals surface area contributed by atoms with Crippen molar-refractivity contribution in [1.29, 1.82) is 0 Å². The molecule has 0 bridgehead atoms. The molecule has 2 aromatic rings. The lowest BCUT2D eigenvalue weighted by Gasteiger charge is -2.13. The van der Waals surface area contributed by atoms with Crippen LogP contribution in [0.4, 0.5) is 0 Å². The molecular weight excluding hydrogens is 342 g/mol. The molecule has 2 rings (SSSR count). The van der Waals surface area contributed by atoms with Gasteiger partial charge in [0.25, 0.3) is 0 Å². The lowest BCUT2D eigenvalue weighted by molar-refractivity contribution is 0.105. The Hall–Kier alpha value is -2.47. The summed E-state index contributed by atoms with van der Waals surface area (Å²) >= 11 is 0. The zero-order chi connectivity index (χ0) is 19.2. The lowest BCUT2D eigenvalue weighted by atomic mass is 10.1. The smallest absolute Gasteiger partial charge is 0.191 e. The molecule has 148 valence electrons. The number of hydrogen-bond acceptors (Lipinski definition) is 4. The molecule has 6 nitrogen and oxygen atoms in total. The van der Waals surface area contributed by atoms with Crippen molar-refractivity contribution in [2.45, 2.75) is 33.3 Å². The van der Waals surface area contributed by atoms with Gasteiger partial charge in [0.1, 0.15) is 18.1 Å². The summed E-state index contributed by atoms with van der Waals surface area (Å²) in [7, 11) is 0. The van der Waals surface area contributed by atoms with Crippen molar-refractivity contribution >= 4 is 5.96 Å². The average Bonchev–Trinajstić information content (AvgIpc) is 3.19. The maximum Gasteiger partial charge on any atom is 0.191 e. The molecule has 0 unspecified atom stereocenters. The van der Waals surface area contributed by atoms with Crippen LogP contribution in [-0.4, -0.2) is 38.8 Å². The first-order chi connectivity index (χ1) is 13.3. The van der Waals surface area contributed by atoms with Gasteiger partial charge in [0.15, 0.2) is 5.96 Å². The SMILES string of the molecule is CCNC(=NCCCOCc1ccco1)NCCc1ccccc1OCC. The second kappa shape index (κ2) is 12.8. The highest BCUT2D eigenvalue weighted by Gasteiger charge is 2.03. The summed E-state index contributed by atoms with van der Waals surface area (Å²) in [5.74, 6) is 2.63. The van der Waals surface area contributed by atoms with Gasteiger partial charge in [-0.2, -0.15) is 0 Å². The standard InChI is InChI=1S/C21H31N3O3/c1-3-22-21(23-13-8-15-25-17-19-10-7-16-27-19)24-14-12-18-9-5-6-11-20(18)26-4-2/h5-7,9-11,16H,3-4,8,12-15,17H2,1-2H3,(H2,22,23,24). The summed E-state index contributed by atoms with van der Waals surface area (Å²) in [5.41, 5.74) is 1.20. The van der Waals surface area contributed by atoms with E-state index in [-0.39, 0.29) is 0 Å². The fourth-order valence-corrected chi connectivity index (χ4v) is 2.59. The van der Waals surface area contributed by atoms with Crippen molar-refractivity contribution in [3.8, 4) is 5.75 Å². The summed E-state index contributed by atoms with van der Waals surface area (Å²) in [6.07, 6.45) is 3.40. The minimum Gasteiger partial charge on any atom is -0.494 e. The zero-order valence-corrected chi connectivity index (χ0v) is 16.4. The van der Waals surface area contributed by atoms with Crippen LogP contribution in [0.1, 0.15) is 31.6 Å². The number of ether oxygens (including phenoxy) is 2. The predicted molar refractivity (Wildman–Crippen MR) is 108 cm³/mol. The van der Waals surface area contributed by atoms with Crippen molar-refractivity contribution in [2.24, 2.45) is 4.99 Å². The number of furan rings is 1. The van der Waals surface area contributed by atoms with Crippen molar-refractivity contribution in [3.63, 3.8) is 0 Å². The van der Waals surface area contributed by atoms with Crippen LogP contribution in [0.3, 0.4) is 0 Å². The average molecular weight is 373 g/mol. The normalized spacial score (nSPS) is 11.4. The van der Waals surface area contributed by atoms with E-state index in [4.69, 9.17) is 13.9 Å². The summed E-state index contributed by atoms with van der Waals surface area (Å²) in [6, 6.07) is 11.9. The monoisotopic (exact) mass is 373 g/mol. The summed E-state index contributed by atoms with van der Waals surface area (Å²) < 4.78 is 16.5. The number of aliphatic imine (C=N–C) groups is 1. The molecular formula is C21H31N3O3. The Labute approximate surface area is 162 Å². The number of para-hydroxylation sites is 1. The molecule has 0 radical (unpaired) electrons. The van der Waals surface area contributed by atoms with Gasteiger partial charge in [0.05, 0.1) is 12.9 Å². The summed E-state index contributed by atoms with van der Waals surface area (Å²) in [5, 5.41) is 6.65. The van der Waals surface area contributed by atoms with Gasteiger partial charge in [-0.15, -0.1) is 0 Å². The first-order valence-corrected chi connectivity index (χ1v) is 9.66. The van der Waals surface area contributed by atoms with Crippen LogP contribution in [0.5, 0.6) is 5.75 Å². The van der Waals surface area contributed by atoms with Crippen LogP contribution >= 0.6 is 0 Å². The van der Waals surface area contributed by atoms with Crippen molar-refractivity contribution < 1.29 is 13.9 Å². The molecule has 1 aromatic heterocycles. The van der Waals surface area contributed by atoms with E-state index in [9.17, 15) is 0 Å². The Kier molecular flexibility index (Phi) is 9.89. The molecule has 0 saturated heterocycles. The first-order valence-electron chi connectivity index (χ1n) is 9.66. The van der Waals surface area contributed by atoms with Crippen LogP contribution in [-0.2, 0) is 17.8 Å².